The van der Waals surface area contributed by atoms with Crippen LogP contribution in [-0.4, -0.2) is 22.4 Å². The van der Waals surface area contributed by atoms with Crippen LogP contribution in [0.25, 0.3) is 0 Å². The Hall–Kier alpha value is -2.58. The normalized spacial score (nSPS) is 9.58. The van der Waals surface area contributed by atoms with Gasteiger partial charge in [0, 0.05) is 23.5 Å². The van der Waals surface area contributed by atoms with Crippen LogP contribution in [0.2, 0.25) is 0 Å². The minimum Gasteiger partial charge on any atom is -0.331 e. The third-order valence-corrected chi connectivity index (χ3v) is 2.54. The maximum absolute atomic E-state index is 12.0. The van der Waals surface area contributed by atoms with E-state index in [0.29, 0.717) is 18.1 Å². The van der Waals surface area contributed by atoms with E-state index in [2.05, 4.69) is 27.1 Å². The first-order chi connectivity index (χ1) is 9.20. The summed E-state index contributed by atoms with van der Waals surface area (Å²) < 4.78 is 0. The van der Waals surface area contributed by atoms with Crippen molar-refractivity contribution in [3.8, 4) is 11.8 Å². The van der Waals surface area contributed by atoms with Gasteiger partial charge in [-0.3, -0.25) is 10.1 Å². The lowest BCUT2D eigenvalue weighted by molar-refractivity contribution is 0.102. The van der Waals surface area contributed by atoms with Crippen LogP contribution in [0.1, 0.15) is 21.5 Å². The van der Waals surface area contributed by atoms with E-state index >= 15 is 0 Å². The molecule has 1 heterocycles. The standard InChI is InChI=1S/C14H14N4O/c1-10-9-12(5-4-11(10)3-2-6-15)13(19)18-14-16-7-8-17-14/h4-5,7-9H,6,15H2,1H3,(H2,16,17,18,19). The fourth-order valence-electron chi connectivity index (χ4n) is 1.60. The quantitative estimate of drug-likeness (QED) is 0.706. The van der Waals surface area contributed by atoms with Crippen molar-refractivity contribution >= 4 is 11.9 Å². The number of aryl methyl sites for hydroxylation is 1. The van der Waals surface area contributed by atoms with Gasteiger partial charge in [-0.1, -0.05) is 11.8 Å². The highest BCUT2D eigenvalue weighted by Crippen LogP contribution is 2.11. The van der Waals surface area contributed by atoms with E-state index in [1.165, 1.54) is 0 Å². The number of anilines is 1. The summed E-state index contributed by atoms with van der Waals surface area (Å²) in [7, 11) is 0. The van der Waals surface area contributed by atoms with Gasteiger partial charge in [-0.2, -0.15) is 0 Å². The Kier molecular flexibility index (Phi) is 3.96. The van der Waals surface area contributed by atoms with Crippen LogP contribution in [0, 0.1) is 18.8 Å². The first-order valence-corrected chi connectivity index (χ1v) is 5.81. The summed E-state index contributed by atoms with van der Waals surface area (Å²) in [6.45, 7) is 2.23. The molecule has 1 amide bonds. The first kappa shape index (κ1) is 12.9. The summed E-state index contributed by atoms with van der Waals surface area (Å²) in [5, 5.41) is 2.67. The number of H-pyrrole nitrogens is 1. The molecule has 0 unspecified atom stereocenters. The molecule has 2 rings (SSSR count). The molecular formula is C14H14N4O. The number of aromatic nitrogens is 2. The van der Waals surface area contributed by atoms with Crippen LogP contribution in [-0.2, 0) is 0 Å². The monoisotopic (exact) mass is 254 g/mol. The van der Waals surface area contributed by atoms with Crippen molar-refractivity contribution < 1.29 is 4.79 Å². The Bertz CT molecular complexity index is 635. The Morgan fingerprint density at radius 3 is 3.00 bits per heavy atom. The lowest BCUT2D eigenvalue weighted by Gasteiger charge is -2.04. The van der Waals surface area contributed by atoms with Crippen molar-refractivity contribution in [2.75, 3.05) is 11.9 Å². The molecule has 0 atom stereocenters. The second-order valence-electron chi connectivity index (χ2n) is 3.93. The van der Waals surface area contributed by atoms with Crippen molar-refractivity contribution in [2.45, 2.75) is 6.92 Å². The van der Waals surface area contributed by atoms with Gasteiger partial charge in [-0.15, -0.1) is 0 Å². The molecule has 5 heteroatoms. The molecule has 5 nitrogen and oxygen atoms in total. The summed E-state index contributed by atoms with van der Waals surface area (Å²) in [6, 6.07) is 5.33. The van der Waals surface area contributed by atoms with E-state index < -0.39 is 0 Å². The lowest BCUT2D eigenvalue weighted by atomic mass is 10.0. The van der Waals surface area contributed by atoms with Crippen LogP contribution in [0.4, 0.5) is 5.95 Å². The second kappa shape index (κ2) is 5.85. The molecule has 2 aromatic rings. The highest BCUT2D eigenvalue weighted by Gasteiger charge is 2.08. The number of imidazole rings is 1. The summed E-state index contributed by atoms with van der Waals surface area (Å²) in [6.07, 6.45) is 3.22. The molecule has 19 heavy (non-hydrogen) atoms. The molecule has 4 N–H and O–H groups in total. The van der Waals surface area contributed by atoms with E-state index in [1.54, 1.807) is 24.5 Å². The van der Waals surface area contributed by atoms with Crippen LogP contribution in [0.3, 0.4) is 0 Å². The molecule has 0 aliphatic heterocycles. The summed E-state index contributed by atoms with van der Waals surface area (Å²) >= 11 is 0. The zero-order valence-electron chi connectivity index (χ0n) is 10.5. The average Bonchev–Trinajstić information content (AvgIpc) is 2.90. The van der Waals surface area contributed by atoms with Gasteiger partial charge in [0.2, 0.25) is 5.95 Å². The SMILES string of the molecule is Cc1cc(C(=O)Nc2ncc[nH]2)ccc1C#CCN. The average molecular weight is 254 g/mol. The zero-order valence-corrected chi connectivity index (χ0v) is 10.5. The highest BCUT2D eigenvalue weighted by atomic mass is 16.1. The highest BCUT2D eigenvalue weighted by molar-refractivity contribution is 6.03. The van der Waals surface area contributed by atoms with Crippen molar-refractivity contribution in [3.63, 3.8) is 0 Å². The topological polar surface area (TPSA) is 83.8 Å². The largest absolute Gasteiger partial charge is 0.331 e. The van der Waals surface area contributed by atoms with Gasteiger partial charge < -0.3 is 10.7 Å². The number of rotatable bonds is 2. The Morgan fingerprint density at radius 2 is 2.37 bits per heavy atom. The molecule has 0 aliphatic carbocycles. The summed E-state index contributed by atoms with van der Waals surface area (Å²) in [5.74, 6) is 5.97. The van der Waals surface area contributed by atoms with E-state index in [-0.39, 0.29) is 5.91 Å². The first-order valence-electron chi connectivity index (χ1n) is 5.81. The molecule has 96 valence electrons. The fraction of sp³-hybridized carbons (Fsp3) is 0.143. The number of aromatic amines is 1. The van der Waals surface area contributed by atoms with E-state index in [9.17, 15) is 4.79 Å². The van der Waals surface area contributed by atoms with E-state index in [0.717, 1.165) is 11.1 Å². The molecule has 0 spiro atoms. The smallest absolute Gasteiger partial charge is 0.257 e. The lowest BCUT2D eigenvalue weighted by Crippen LogP contribution is -2.13. The predicted octanol–water partition coefficient (Wildman–Crippen LogP) is 1.28. The van der Waals surface area contributed by atoms with Crippen molar-refractivity contribution in [1.82, 2.24) is 9.97 Å². The molecule has 0 saturated heterocycles. The number of amides is 1. The second-order valence-corrected chi connectivity index (χ2v) is 3.93. The van der Waals surface area contributed by atoms with Crippen molar-refractivity contribution in [3.05, 3.63) is 47.3 Å². The molecule has 0 saturated carbocycles. The summed E-state index contributed by atoms with van der Waals surface area (Å²) in [5.41, 5.74) is 7.71. The Labute approximate surface area is 111 Å². The van der Waals surface area contributed by atoms with Gasteiger partial charge in [0.15, 0.2) is 0 Å². The van der Waals surface area contributed by atoms with Crippen LogP contribution < -0.4 is 11.1 Å². The minimum absolute atomic E-state index is 0.212. The predicted molar refractivity (Wildman–Crippen MR) is 73.7 cm³/mol. The number of carbonyl (C=O) groups excluding carboxylic acids is 1. The zero-order chi connectivity index (χ0) is 13.7. The molecule has 0 bridgehead atoms. The summed E-state index contributed by atoms with van der Waals surface area (Å²) in [4.78, 5) is 18.7. The molecule has 1 aromatic heterocycles. The molecule has 0 fully saturated rings. The third kappa shape index (κ3) is 3.21. The number of benzene rings is 1. The third-order valence-electron chi connectivity index (χ3n) is 2.54. The van der Waals surface area contributed by atoms with E-state index in [4.69, 9.17) is 5.73 Å². The Balaban J connectivity index is 2.17. The number of nitrogens with zero attached hydrogens (tertiary/aromatic N) is 1. The molecular weight excluding hydrogens is 240 g/mol. The van der Waals surface area contributed by atoms with E-state index in [1.807, 2.05) is 13.0 Å². The van der Waals surface area contributed by atoms with Crippen LogP contribution in [0.5, 0.6) is 0 Å². The van der Waals surface area contributed by atoms with Gasteiger partial charge in [-0.05, 0) is 30.7 Å². The minimum atomic E-state index is -0.212. The van der Waals surface area contributed by atoms with Gasteiger partial charge in [0.25, 0.3) is 5.91 Å². The molecule has 1 aromatic carbocycles. The van der Waals surface area contributed by atoms with Gasteiger partial charge in [0.1, 0.15) is 0 Å². The van der Waals surface area contributed by atoms with Crippen LogP contribution in [0.15, 0.2) is 30.6 Å². The van der Waals surface area contributed by atoms with Crippen molar-refractivity contribution in [1.29, 1.82) is 0 Å². The molecule has 0 radical (unpaired) electrons. The van der Waals surface area contributed by atoms with Gasteiger partial charge >= 0.3 is 0 Å². The van der Waals surface area contributed by atoms with Gasteiger partial charge in [0.05, 0.1) is 6.54 Å². The van der Waals surface area contributed by atoms with Crippen LogP contribution >= 0.6 is 0 Å². The number of nitrogens with two attached hydrogens (primary N) is 1. The number of hydrogen-bond donors (Lipinski definition) is 3. The Morgan fingerprint density at radius 1 is 1.53 bits per heavy atom. The van der Waals surface area contributed by atoms with Gasteiger partial charge in [-0.25, -0.2) is 4.98 Å². The van der Waals surface area contributed by atoms with Crippen molar-refractivity contribution in [2.24, 2.45) is 5.73 Å². The number of carbonyl (C=O) groups is 1. The maximum Gasteiger partial charge on any atom is 0.257 e. The maximum atomic E-state index is 12.0. The molecule has 0 aliphatic rings. The fourth-order valence-corrected chi connectivity index (χ4v) is 1.60. The number of nitrogens with one attached hydrogen (secondary N) is 2. The number of hydrogen-bond acceptors (Lipinski definition) is 3.